The summed E-state index contributed by atoms with van der Waals surface area (Å²) >= 11 is 0. The second-order valence-electron chi connectivity index (χ2n) is 3.30. The van der Waals surface area contributed by atoms with Gasteiger partial charge in [0, 0.05) is 13.1 Å². The summed E-state index contributed by atoms with van der Waals surface area (Å²) in [7, 11) is 0. The van der Waals surface area contributed by atoms with Gasteiger partial charge in [0.25, 0.3) is 0 Å². The van der Waals surface area contributed by atoms with Gasteiger partial charge in [0.1, 0.15) is 11.9 Å². The minimum atomic E-state index is 0.366. The predicted molar refractivity (Wildman–Crippen MR) is 59.5 cm³/mol. The Morgan fingerprint density at radius 2 is 2.13 bits per heavy atom. The monoisotopic (exact) mass is 204 g/mol. The second-order valence-corrected chi connectivity index (χ2v) is 3.30. The summed E-state index contributed by atoms with van der Waals surface area (Å²) < 4.78 is 0. The van der Waals surface area contributed by atoms with E-state index in [0.29, 0.717) is 5.69 Å². The van der Waals surface area contributed by atoms with Crippen LogP contribution in [-0.2, 0) is 0 Å². The Hall–Kier alpha value is -1.63. The summed E-state index contributed by atoms with van der Waals surface area (Å²) in [6, 6.07) is 1.96. The number of hydrogen-bond acceptors (Lipinski definition) is 4. The van der Waals surface area contributed by atoms with Gasteiger partial charge < -0.3 is 4.90 Å². The summed E-state index contributed by atoms with van der Waals surface area (Å²) in [5.74, 6) is 0.852. The average molecular weight is 204 g/mol. The zero-order valence-corrected chi connectivity index (χ0v) is 9.27. The highest BCUT2D eigenvalue weighted by Crippen LogP contribution is 2.09. The molecule has 0 spiro atoms. The third kappa shape index (κ3) is 3.21. The van der Waals surface area contributed by atoms with Crippen molar-refractivity contribution >= 4 is 5.82 Å². The van der Waals surface area contributed by atoms with Crippen molar-refractivity contribution in [3.05, 3.63) is 18.1 Å². The van der Waals surface area contributed by atoms with Gasteiger partial charge in [-0.05, 0) is 13.3 Å². The highest BCUT2D eigenvalue weighted by atomic mass is 15.2. The van der Waals surface area contributed by atoms with Crippen LogP contribution in [0.3, 0.4) is 0 Å². The van der Waals surface area contributed by atoms with E-state index in [2.05, 4.69) is 28.7 Å². The van der Waals surface area contributed by atoms with Crippen molar-refractivity contribution in [3.63, 3.8) is 0 Å². The molecule has 0 aliphatic rings. The fourth-order valence-corrected chi connectivity index (χ4v) is 1.33. The number of unbranched alkanes of at least 4 members (excludes halogenated alkanes) is 1. The van der Waals surface area contributed by atoms with Gasteiger partial charge in [-0.2, -0.15) is 5.26 Å². The molecule has 1 heterocycles. The molecule has 0 saturated carbocycles. The third-order valence-electron chi connectivity index (χ3n) is 2.24. The van der Waals surface area contributed by atoms with Gasteiger partial charge in [0.15, 0.2) is 5.69 Å². The molecule has 0 aliphatic heterocycles. The topological polar surface area (TPSA) is 52.8 Å². The molecule has 0 N–H and O–H groups in total. The Kier molecular flexibility index (Phi) is 4.55. The molecule has 0 aromatic carbocycles. The van der Waals surface area contributed by atoms with Gasteiger partial charge in [-0.15, -0.1) is 0 Å². The van der Waals surface area contributed by atoms with Crippen molar-refractivity contribution in [2.75, 3.05) is 18.0 Å². The Bertz CT molecular complexity index is 325. The molecule has 0 bridgehead atoms. The highest BCUT2D eigenvalue weighted by molar-refractivity contribution is 5.36. The zero-order chi connectivity index (χ0) is 11.1. The normalized spacial score (nSPS) is 9.67. The van der Waals surface area contributed by atoms with Crippen LogP contribution < -0.4 is 4.90 Å². The molecule has 0 saturated heterocycles. The van der Waals surface area contributed by atoms with Crippen LogP contribution in [0.4, 0.5) is 5.82 Å². The number of nitriles is 1. The van der Waals surface area contributed by atoms with Crippen molar-refractivity contribution < 1.29 is 0 Å². The maximum Gasteiger partial charge on any atom is 0.158 e. The van der Waals surface area contributed by atoms with Crippen LogP contribution >= 0.6 is 0 Å². The van der Waals surface area contributed by atoms with Crippen LogP contribution in [0.25, 0.3) is 0 Å². The number of nitrogens with zero attached hydrogens (tertiary/aromatic N) is 4. The Balaban J connectivity index is 2.70. The first-order valence-corrected chi connectivity index (χ1v) is 5.28. The first-order valence-electron chi connectivity index (χ1n) is 5.28. The number of aromatic nitrogens is 2. The average Bonchev–Trinajstić information content (AvgIpc) is 2.31. The molecule has 80 valence electrons. The fourth-order valence-electron chi connectivity index (χ4n) is 1.33. The second kappa shape index (κ2) is 5.97. The van der Waals surface area contributed by atoms with Gasteiger partial charge >= 0.3 is 0 Å². The molecule has 1 rings (SSSR count). The Labute approximate surface area is 90.6 Å². The van der Waals surface area contributed by atoms with E-state index in [1.54, 1.807) is 6.20 Å². The Morgan fingerprint density at radius 3 is 2.60 bits per heavy atom. The lowest BCUT2D eigenvalue weighted by Crippen LogP contribution is -2.24. The van der Waals surface area contributed by atoms with Crippen LogP contribution in [0.15, 0.2) is 12.4 Å². The van der Waals surface area contributed by atoms with Crippen molar-refractivity contribution in [2.24, 2.45) is 0 Å². The SMILES string of the molecule is CCCCN(CC)c1cnc(C#N)cn1. The number of rotatable bonds is 5. The summed E-state index contributed by atoms with van der Waals surface area (Å²) in [6.45, 7) is 6.17. The van der Waals surface area contributed by atoms with Crippen LogP contribution in [-0.4, -0.2) is 23.1 Å². The minimum Gasteiger partial charge on any atom is -0.356 e. The molecule has 4 heteroatoms. The van der Waals surface area contributed by atoms with E-state index in [1.165, 1.54) is 12.6 Å². The van der Waals surface area contributed by atoms with Gasteiger partial charge in [0.2, 0.25) is 0 Å². The van der Waals surface area contributed by atoms with E-state index in [1.807, 2.05) is 6.07 Å². The van der Waals surface area contributed by atoms with E-state index >= 15 is 0 Å². The molecule has 0 aliphatic carbocycles. The van der Waals surface area contributed by atoms with Gasteiger partial charge in [-0.3, -0.25) is 0 Å². The molecule has 0 fully saturated rings. The molecular weight excluding hydrogens is 188 g/mol. The van der Waals surface area contributed by atoms with Crippen molar-refractivity contribution in [1.82, 2.24) is 9.97 Å². The molecule has 0 unspecified atom stereocenters. The van der Waals surface area contributed by atoms with Gasteiger partial charge in [0.05, 0.1) is 12.4 Å². The summed E-state index contributed by atoms with van der Waals surface area (Å²) in [4.78, 5) is 10.4. The lowest BCUT2D eigenvalue weighted by Gasteiger charge is -2.20. The standard InChI is InChI=1S/C11H16N4/c1-3-5-6-15(4-2)11-9-13-10(7-12)8-14-11/h8-9H,3-6H2,1-2H3. The molecule has 0 radical (unpaired) electrons. The summed E-state index contributed by atoms with van der Waals surface area (Å²) in [5, 5.41) is 8.60. The summed E-state index contributed by atoms with van der Waals surface area (Å²) in [5.41, 5.74) is 0.366. The molecular formula is C11H16N4. The molecule has 4 nitrogen and oxygen atoms in total. The van der Waals surface area contributed by atoms with E-state index < -0.39 is 0 Å². The van der Waals surface area contributed by atoms with Gasteiger partial charge in [-0.25, -0.2) is 9.97 Å². The summed E-state index contributed by atoms with van der Waals surface area (Å²) in [6.07, 6.45) is 5.50. The van der Waals surface area contributed by atoms with E-state index in [9.17, 15) is 0 Å². The Morgan fingerprint density at radius 1 is 1.33 bits per heavy atom. The molecule has 0 atom stereocenters. The van der Waals surface area contributed by atoms with E-state index in [0.717, 1.165) is 25.3 Å². The first-order chi connectivity index (χ1) is 7.31. The predicted octanol–water partition coefficient (Wildman–Crippen LogP) is 1.97. The van der Waals surface area contributed by atoms with Crippen LogP contribution in [0.5, 0.6) is 0 Å². The number of anilines is 1. The first kappa shape index (κ1) is 11.4. The van der Waals surface area contributed by atoms with Crippen molar-refractivity contribution in [1.29, 1.82) is 5.26 Å². The van der Waals surface area contributed by atoms with Crippen LogP contribution in [0.2, 0.25) is 0 Å². The maximum atomic E-state index is 8.60. The van der Waals surface area contributed by atoms with Crippen molar-refractivity contribution in [2.45, 2.75) is 26.7 Å². The third-order valence-corrected chi connectivity index (χ3v) is 2.24. The minimum absolute atomic E-state index is 0.366. The largest absolute Gasteiger partial charge is 0.356 e. The molecule has 15 heavy (non-hydrogen) atoms. The van der Waals surface area contributed by atoms with Crippen LogP contribution in [0, 0.1) is 11.3 Å². The highest BCUT2D eigenvalue weighted by Gasteiger charge is 2.05. The van der Waals surface area contributed by atoms with E-state index in [-0.39, 0.29) is 0 Å². The maximum absolute atomic E-state index is 8.60. The molecule has 1 aromatic rings. The van der Waals surface area contributed by atoms with Gasteiger partial charge in [-0.1, -0.05) is 13.3 Å². The smallest absolute Gasteiger partial charge is 0.158 e. The quantitative estimate of drug-likeness (QED) is 0.735. The lowest BCUT2D eigenvalue weighted by molar-refractivity contribution is 0.722. The van der Waals surface area contributed by atoms with E-state index in [4.69, 9.17) is 5.26 Å². The lowest BCUT2D eigenvalue weighted by atomic mass is 10.3. The zero-order valence-electron chi connectivity index (χ0n) is 9.27. The number of hydrogen-bond donors (Lipinski definition) is 0. The fraction of sp³-hybridized carbons (Fsp3) is 0.545. The molecule has 1 aromatic heterocycles. The molecule has 0 amide bonds. The van der Waals surface area contributed by atoms with Crippen molar-refractivity contribution in [3.8, 4) is 6.07 Å². The van der Waals surface area contributed by atoms with Crippen LogP contribution in [0.1, 0.15) is 32.4 Å².